The lowest BCUT2D eigenvalue weighted by atomic mass is 9.73. The van der Waals surface area contributed by atoms with E-state index < -0.39 is 0 Å². The summed E-state index contributed by atoms with van der Waals surface area (Å²) in [5.41, 5.74) is 2.74. The predicted molar refractivity (Wildman–Crippen MR) is 93.8 cm³/mol. The molecule has 6 rings (SSSR count). The van der Waals surface area contributed by atoms with Crippen LogP contribution in [0.25, 0.3) is 16.8 Å². The molecule has 1 aromatic carbocycles. The number of hydrogen-bond acceptors (Lipinski definition) is 3. The molecule has 1 aromatic heterocycles. The number of hydrogen-bond donors (Lipinski definition) is 0. The minimum Gasteiger partial charge on any atom is -0.277 e. The summed E-state index contributed by atoms with van der Waals surface area (Å²) >= 11 is 3.56. The minimum absolute atomic E-state index is 0.249. The monoisotopic (exact) mass is 324 g/mol. The first-order valence-corrected chi connectivity index (χ1v) is 9.95. The summed E-state index contributed by atoms with van der Waals surface area (Å²) < 4.78 is 1.58. The molecule has 2 bridgehead atoms. The fourth-order valence-corrected chi connectivity index (χ4v) is 8.72. The van der Waals surface area contributed by atoms with Crippen LogP contribution in [-0.4, -0.2) is 5.25 Å². The zero-order valence-corrected chi connectivity index (χ0v) is 13.8. The Labute approximate surface area is 137 Å². The van der Waals surface area contributed by atoms with E-state index in [1.807, 2.05) is 12.1 Å². The van der Waals surface area contributed by atoms with Gasteiger partial charge in [0.2, 0.25) is 4.74 Å². The molecule has 22 heavy (non-hydrogen) atoms. The van der Waals surface area contributed by atoms with Gasteiger partial charge in [0.05, 0.1) is 4.21 Å². The van der Waals surface area contributed by atoms with Crippen molar-refractivity contribution in [3.05, 3.63) is 44.9 Å². The van der Waals surface area contributed by atoms with E-state index in [0.717, 1.165) is 28.4 Å². The average Bonchev–Trinajstić information content (AvgIpc) is 3.15. The van der Waals surface area contributed by atoms with Crippen molar-refractivity contribution in [1.29, 1.82) is 0 Å². The van der Waals surface area contributed by atoms with E-state index in [1.54, 1.807) is 0 Å². The molecule has 1 nitrogen and oxygen atoms in total. The van der Waals surface area contributed by atoms with Gasteiger partial charge in [-0.15, -0.1) is 11.8 Å². The highest BCUT2D eigenvalue weighted by Crippen LogP contribution is 2.64. The topological polar surface area (TPSA) is 17.1 Å². The van der Waals surface area contributed by atoms with Gasteiger partial charge in [-0.1, -0.05) is 35.6 Å². The quantitative estimate of drug-likeness (QED) is 0.686. The molecule has 3 heteroatoms. The molecule has 0 saturated heterocycles. The normalized spacial score (nSPS) is 36.8. The van der Waals surface area contributed by atoms with Crippen molar-refractivity contribution in [2.75, 3.05) is 0 Å². The third-order valence-electron chi connectivity index (χ3n) is 6.37. The van der Waals surface area contributed by atoms with Gasteiger partial charge >= 0.3 is 0 Å². The number of allylic oxidation sites excluding steroid dienone is 1. The number of fused-ring (bicyclic) bond motifs is 6. The Kier molecular flexibility index (Phi) is 2.29. The number of benzene rings is 1. The third kappa shape index (κ3) is 1.36. The van der Waals surface area contributed by atoms with Crippen LogP contribution in [0.2, 0.25) is 0 Å². The fourth-order valence-electron chi connectivity index (χ4n) is 5.57. The van der Waals surface area contributed by atoms with Crippen LogP contribution in [0.4, 0.5) is 0 Å². The molecule has 110 valence electrons. The molecule has 2 saturated carbocycles. The van der Waals surface area contributed by atoms with Gasteiger partial charge in [0.15, 0.2) is 0 Å². The maximum absolute atomic E-state index is 12.6. The van der Waals surface area contributed by atoms with Gasteiger partial charge < -0.3 is 0 Å². The van der Waals surface area contributed by atoms with Crippen LogP contribution in [0.3, 0.4) is 0 Å². The Balaban J connectivity index is 1.71. The molecular weight excluding hydrogens is 308 g/mol. The van der Waals surface area contributed by atoms with E-state index in [2.05, 4.69) is 30.0 Å². The maximum Gasteiger partial charge on any atom is 0.241 e. The smallest absolute Gasteiger partial charge is 0.241 e. The Bertz CT molecular complexity index is 910. The highest BCUT2D eigenvalue weighted by molar-refractivity contribution is 8.01. The number of rotatable bonds is 0. The maximum atomic E-state index is 12.6. The van der Waals surface area contributed by atoms with Crippen molar-refractivity contribution in [1.82, 2.24) is 0 Å². The summed E-state index contributed by atoms with van der Waals surface area (Å²) in [6, 6.07) is 6.21. The van der Waals surface area contributed by atoms with E-state index in [0.29, 0.717) is 5.92 Å². The van der Waals surface area contributed by atoms with Crippen LogP contribution >= 0.6 is 23.1 Å². The van der Waals surface area contributed by atoms with Crippen LogP contribution in [0.5, 0.6) is 0 Å². The molecule has 0 radical (unpaired) electrons. The van der Waals surface area contributed by atoms with Gasteiger partial charge in [0.1, 0.15) is 0 Å². The molecule has 0 N–H and O–H groups in total. The second-order valence-corrected chi connectivity index (χ2v) is 9.67. The highest BCUT2D eigenvalue weighted by Gasteiger charge is 2.54. The van der Waals surface area contributed by atoms with Gasteiger partial charge in [0, 0.05) is 16.6 Å². The number of thioether (sulfide) groups is 1. The SMILES string of the molecule is O=c1sc2c3c4c(cccc14)C=C[C@@H]3[C@@H]1[C@H]3CC[C@@H](C3)[C@@H]1S2. The second-order valence-electron chi connectivity index (χ2n) is 7.24. The Morgan fingerprint density at radius 3 is 3.00 bits per heavy atom. The lowest BCUT2D eigenvalue weighted by Crippen LogP contribution is -2.33. The summed E-state index contributed by atoms with van der Waals surface area (Å²) in [7, 11) is 0. The Morgan fingerprint density at radius 1 is 1.14 bits per heavy atom. The van der Waals surface area contributed by atoms with Crippen LogP contribution in [-0.2, 0) is 0 Å². The lowest BCUT2D eigenvalue weighted by molar-refractivity contribution is 0.312. The van der Waals surface area contributed by atoms with Crippen molar-refractivity contribution in [3.8, 4) is 0 Å². The summed E-state index contributed by atoms with van der Waals surface area (Å²) in [6.07, 6.45) is 9.02. The summed E-state index contributed by atoms with van der Waals surface area (Å²) in [4.78, 5) is 12.6. The molecule has 2 heterocycles. The van der Waals surface area contributed by atoms with Crippen molar-refractivity contribution < 1.29 is 0 Å². The molecular formula is C19H16OS2. The minimum atomic E-state index is 0.249. The van der Waals surface area contributed by atoms with E-state index in [4.69, 9.17) is 0 Å². The van der Waals surface area contributed by atoms with E-state index in [9.17, 15) is 4.79 Å². The third-order valence-corrected chi connectivity index (χ3v) is 9.12. The molecule has 1 aliphatic heterocycles. The molecule has 5 atom stereocenters. The molecule has 3 aliphatic carbocycles. The zero-order chi connectivity index (χ0) is 14.4. The van der Waals surface area contributed by atoms with E-state index >= 15 is 0 Å². The average molecular weight is 324 g/mol. The van der Waals surface area contributed by atoms with Gasteiger partial charge in [-0.3, -0.25) is 4.79 Å². The van der Waals surface area contributed by atoms with Crippen molar-refractivity contribution in [2.24, 2.45) is 17.8 Å². The second kappa shape index (κ2) is 4.07. The van der Waals surface area contributed by atoms with Crippen molar-refractivity contribution in [2.45, 2.75) is 34.6 Å². The predicted octanol–water partition coefficient (Wildman–Crippen LogP) is 4.89. The lowest BCUT2D eigenvalue weighted by Gasteiger charge is -2.41. The first-order chi connectivity index (χ1) is 10.8. The highest BCUT2D eigenvalue weighted by atomic mass is 32.2. The Morgan fingerprint density at radius 2 is 2.05 bits per heavy atom. The van der Waals surface area contributed by atoms with Gasteiger partial charge in [0.25, 0.3) is 0 Å². The summed E-state index contributed by atoms with van der Waals surface area (Å²) in [5, 5.41) is 2.97. The van der Waals surface area contributed by atoms with Crippen LogP contribution in [0.15, 0.2) is 33.3 Å². The summed E-state index contributed by atoms with van der Waals surface area (Å²) in [5.74, 6) is 3.19. The molecule has 0 spiro atoms. The van der Waals surface area contributed by atoms with Crippen molar-refractivity contribution in [3.63, 3.8) is 0 Å². The van der Waals surface area contributed by atoms with Crippen molar-refractivity contribution >= 4 is 39.9 Å². The fraction of sp³-hybridized carbons (Fsp3) is 0.421. The molecule has 0 unspecified atom stereocenters. The standard InChI is InChI=1S/C19H16OS2/c20-18-13-3-1-2-9-6-7-12-15-10-4-5-11(8-10)17(15)21-19(22-18)16(12)14(9)13/h1-3,6-7,10-12,15,17H,4-5,8H2/t10-,11-,12+,15-,17-/m0/s1. The van der Waals surface area contributed by atoms with E-state index in [1.165, 1.54) is 51.3 Å². The van der Waals surface area contributed by atoms with Crippen LogP contribution < -0.4 is 4.74 Å². The molecule has 0 amide bonds. The largest absolute Gasteiger partial charge is 0.277 e. The molecule has 2 fully saturated rings. The van der Waals surface area contributed by atoms with Crippen LogP contribution in [0.1, 0.15) is 36.3 Å². The van der Waals surface area contributed by atoms with E-state index in [-0.39, 0.29) is 4.74 Å². The molecule has 4 aliphatic rings. The first kappa shape index (κ1) is 12.4. The van der Waals surface area contributed by atoms with Gasteiger partial charge in [-0.25, -0.2) is 0 Å². The van der Waals surface area contributed by atoms with Crippen LogP contribution in [0, 0.1) is 17.8 Å². The van der Waals surface area contributed by atoms with Gasteiger partial charge in [-0.2, -0.15) is 0 Å². The summed E-state index contributed by atoms with van der Waals surface area (Å²) in [6.45, 7) is 0. The Hall–Kier alpha value is -1.06. The zero-order valence-electron chi connectivity index (χ0n) is 12.1. The van der Waals surface area contributed by atoms with Gasteiger partial charge in [-0.05, 0) is 59.6 Å². The molecule has 2 aromatic rings. The first-order valence-electron chi connectivity index (χ1n) is 8.26.